The number of nitrogens with one attached hydrogen (secondary N) is 1. The van der Waals surface area contributed by atoms with Gasteiger partial charge in [0.15, 0.2) is 0 Å². The minimum atomic E-state index is -4.88. The number of rotatable bonds is 5. The van der Waals surface area contributed by atoms with Gasteiger partial charge in [-0.3, -0.25) is 24.7 Å². The highest BCUT2D eigenvalue weighted by molar-refractivity contribution is 7.87. The summed E-state index contributed by atoms with van der Waals surface area (Å²) < 4.78 is 32.0. The van der Waals surface area contributed by atoms with Crippen LogP contribution in [-0.4, -0.2) is 35.1 Å². The summed E-state index contributed by atoms with van der Waals surface area (Å²) in [4.78, 5) is 21.2. The molecule has 10 nitrogen and oxygen atoms in total. The topological polar surface area (TPSA) is 150 Å². The summed E-state index contributed by atoms with van der Waals surface area (Å²) in [5.41, 5.74) is 0.517. The molecule has 0 aliphatic heterocycles. The van der Waals surface area contributed by atoms with E-state index in [4.69, 9.17) is 9.76 Å². The molecular formula is C19H19N3O7S. The summed E-state index contributed by atoms with van der Waals surface area (Å²) >= 11 is 0. The van der Waals surface area contributed by atoms with Gasteiger partial charge in [0.05, 0.1) is 10.6 Å². The maximum absolute atomic E-state index is 11.3. The number of non-ortho nitro benzene ring substituents is 1. The fourth-order valence-corrected chi connectivity index (χ4v) is 3.51. The van der Waals surface area contributed by atoms with Gasteiger partial charge in [0.25, 0.3) is 11.6 Å². The highest BCUT2D eigenvalue weighted by atomic mass is 32.2. The van der Waals surface area contributed by atoms with Crippen LogP contribution in [0.1, 0.15) is 6.92 Å². The van der Waals surface area contributed by atoms with Crippen LogP contribution in [0.5, 0.6) is 0 Å². The molecule has 0 aromatic heterocycles. The maximum atomic E-state index is 11.3. The zero-order chi connectivity index (χ0) is 22.3. The summed E-state index contributed by atoms with van der Waals surface area (Å²) in [6, 6.07) is 19.5. The van der Waals surface area contributed by atoms with Crippen molar-refractivity contribution >= 4 is 38.4 Å². The van der Waals surface area contributed by atoms with E-state index in [1.54, 1.807) is 0 Å². The third-order valence-corrected chi connectivity index (χ3v) is 5.07. The van der Waals surface area contributed by atoms with Crippen molar-refractivity contribution in [2.45, 2.75) is 13.0 Å². The summed E-state index contributed by atoms with van der Waals surface area (Å²) in [6.45, 7) is 1.08. The van der Waals surface area contributed by atoms with Gasteiger partial charge in [-0.15, -0.1) is 0 Å². The van der Waals surface area contributed by atoms with E-state index in [9.17, 15) is 23.3 Å². The fraction of sp³-hybridized carbons (Fsp3) is 0.105. The first-order valence-corrected chi connectivity index (χ1v) is 9.94. The van der Waals surface area contributed by atoms with Gasteiger partial charge >= 0.3 is 10.3 Å². The number of anilines is 1. The Kier molecular flexibility index (Phi) is 7.42. The molecule has 0 fully saturated rings. The van der Waals surface area contributed by atoms with Crippen molar-refractivity contribution in [3.63, 3.8) is 0 Å². The Morgan fingerprint density at radius 3 is 1.93 bits per heavy atom. The Balaban J connectivity index is 0.000000263. The molecule has 1 unspecified atom stereocenters. The van der Waals surface area contributed by atoms with Gasteiger partial charge < -0.3 is 0 Å². The molecule has 0 aliphatic rings. The lowest BCUT2D eigenvalue weighted by Gasteiger charge is -2.25. The first-order chi connectivity index (χ1) is 14.1. The number of hydroxylamine groups is 1. The highest BCUT2D eigenvalue weighted by Crippen LogP contribution is 2.25. The molecule has 1 atom stereocenters. The molecule has 1 amide bonds. The Labute approximate surface area is 172 Å². The van der Waals surface area contributed by atoms with E-state index >= 15 is 0 Å². The number of carbonyl (C=O) groups is 1. The van der Waals surface area contributed by atoms with Crippen LogP contribution in [0, 0.1) is 10.1 Å². The molecule has 0 bridgehead atoms. The van der Waals surface area contributed by atoms with Crippen LogP contribution in [0.15, 0.2) is 72.8 Å². The molecular weight excluding hydrogens is 414 g/mol. The van der Waals surface area contributed by atoms with Crippen LogP contribution in [0.2, 0.25) is 0 Å². The SMILES string of the molecule is CC(C(=O)NO)N(c1cccc([N+](=O)[O-])c1)S(=O)(=O)O.c1ccc2ccccc2c1. The number of fused-ring (bicyclic) bond motifs is 1. The summed E-state index contributed by atoms with van der Waals surface area (Å²) in [6.07, 6.45) is 0. The fourth-order valence-electron chi connectivity index (χ4n) is 2.63. The molecule has 11 heteroatoms. The van der Waals surface area contributed by atoms with Gasteiger partial charge in [0.2, 0.25) is 0 Å². The lowest BCUT2D eigenvalue weighted by atomic mass is 10.1. The van der Waals surface area contributed by atoms with Crippen LogP contribution in [0.4, 0.5) is 11.4 Å². The van der Waals surface area contributed by atoms with Gasteiger partial charge in [-0.1, -0.05) is 54.6 Å². The zero-order valence-corrected chi connectivity index (χ0v) is 16.6. The molecule has 3 rings (SSSR count). The van der Waals surface area contributed by atoms with Gasteiger partial charge in [-0.25, -0.2) is 9.79 Å². The molecule has 3 N–H and O–H groups in total. The van der Waals surface area contributed by atoms with Crippen molar-refractivity contribution in [3.8, 4) is 0 Å². The second-order valence-corrected chi connectivity index (χ2v) is 7.34. The van der Waals surface area contributed by atoms with Crippen LogP contribution in [0.25, 0.3) is 10.8 Å². The number of hydrogen-bond acceptors (Lipinski definition) is 6. The van der Waals surface area contributed by atoms with Crippen molar-refractivity contribution in [1.82, 2.24) is 5.48 Å². The van der Waals surface area contributed by atoms with Crippen LogP contribution in [0.3, 0.4) is 0 Å². The Morgan fingerprint density at radius 1 is 1.03 bits per heavy atom. The quantitative estimate of drug-likeness (QED) is 0.242. The van der Waals surface area contributed by atoms with E-state index in [0.29, 0.717) is 0 Å². The van der Waals surface area contributed by atoms with Gasteiger partial charge in [-0.2, -0.15) is 8.42 Å². The first kappa shape index (κ1) is 22.7. The zero-order valence-electron chi connectivity index (χ0n) is 15.7. The molecule has 158 valence electrons. The number of carbonyl (C=O) groups excluding carboxylic acids is 1. The predicted molar refractivity (Wildman–Crippen MR) is 110 cm³/mol. The third kappa shape index (κ3) is 5.73. The average molecular weight is 433 g/mol. The Morgan fingerprint density at radius 2 is 1.53 bits per heavy atom. The minimum absolute atomic E-state index is 0.242. The van der Waals surface area contributed by atoms with Crippen LogP contribution >= 0.6 is 0 Å². The molecule has 3 aromatic rings. The molecule has 0 spiro atoms. The smallest absolute Gasteiger partial charge is 0.289 e. The van der Waals surface area contributed by atoms with Crippen LogP contribution in [-0.2, 0) is 15.1 Å². The first-order valence-electron chi connectivity index (χ1n) is 8.54. The predicted octanol–water partition coefficient (Wildman–Crippen LogP) is 2.94. The van der Waals surface area contributed by atoms with E-state index in [0.717, 1.165) is 25.1 Å². The number of nitrogens with zero attached hydrogens (tertiary/aromatic N) is 2. The van der Waals surface area contributed by atoms with Gasteiger partial charge in [-0.05, 0) is 23.8 Å². The minimum Gasteiger partial charge on any atom is -0.289 e. The maximum Gasteiger partial charge on any atom is 0.360 e. The average Bonchev–Trinajstić information content (AvgIpc) is 2.73. The molecule has 30 heavy (non-hydrogen) atoms. The van der Waals surface area contributed by atoms with E-state index in [2.05, 4.69) is 48.5 Å². The molecule has 0 heterocycles. The molecule has 0 radical (unpaired) electrons. The van der Waals surface area contributed by atoms with Crippen LogP contribution < -0.4 is 9.79 Å². The second kappa shape index (κ2) is 9.78. The summed E-state index contributed by atoms with van der Waals surface area (Å²) in [5.74, 6) is -1.12. The van der Waals surface area contributed by atoms with Gasteiger partial charge in [0, 0.05) is 12.1 Å². The molecule has 3 aromatic carbocycles. The van der Waals surface area contributed by atoms with Gasteiger partial charge in [0.1, 0.15) is 6.04 Å². The Hall–Kier alpha value is -3.54. The third-order valence-electron chi connectivity index (χ3n) is 4.04. The highest BCUT2D eigenvalue weighted by Gasteiger charge is 2.31. The summed E-state index contributed by atoms with van der Waals surface area (Å²) in [7, 11) is -4.88. The number of hydrogen-bond donors (Lipinski definition) is 3. The monoisotopic (exact) mass is 433 g/mol. The normalized spacial score (nSPS) is 11.7. The molecule has 0 saturated carbocycles. The standard InChI is InChI=1S/C10H8.C9H11N3O7S/c1-2-6-10-8-4-3-7-9(10)5-1;1-6(9(13)10-14)11(20(17,18)19)7-3-2-4-8(5-7)12(15)16/h1-8H;2-6,14H,1H3,(H,10,13)(H,17,18,19). The van der Waals surface area contributed by atoms with E-state index in [1.807, 2.05) is 0 Å². The number of nitro benzene ring substituents is 1. The molecule has 0 aliphatic carbocycles. The van der Waals surface area contributed by atoms with Crippen molar-refractivity contribution in [2.75, 3.05) is 4.31 Å². The summed E-state index contributed by atoms with van der Waals surface area (Å²) in [5, 5.41) is 21.8. The lowest BCUT2D eigenvalue weighted by Crippen LogP contribution is -2.47. The Bertz CT molecular complexity index is 1090. The van der Waals surface area contributed by atoms with E-state index in [-0.39, 0.29) is 9.99 Å². The number of nitro groups is 1. The van der Waals surface area contributed by atoms with Crippen molar-refractivity contribution < 1.29 is 27.9 Å². The van der Waals surface area contributed by atoms with Crippen molar-refractivity contribution in [1.29, 1.82) is 0 Å². The number of benzene rings is 3. The molecule has 0 saturated heterocycles. The second-order valence-electron chi connectivity index (χ2n) is 6.05. The van der Waals surface area contributed by atoms with E-state index in [1.165, 1.54) is 22.3 Å². The van der Waals surface area contributed by atoms with Crippen molar-refractivity contribution in [3.05, 3.63) is 82.9 Å². The van der Waals surface area contributed by atoms with Crippen molar-refractivity contribution in [2.24, 2.45) is 0 Å². The number of amides is 1. The lowest BCUT2D eigenvalue weighted by molar-refractivity contribution is -0.384. The van der Waals surface area contributed by atoms with E-state index < -0.39 is 32.9 Å². The largest absolute Gasteiger partial charge is 0.360 e.